The van der Waals surface area contributed by atoms with Gasteiger partial charge < -0.3 is 10.2 Å². The highest BCUT2D eigenvalue weighted by Crippen LogP contribution is 2.25. The first-order chi connectivity index (χ1) is 8.02. The second kappa shape index (κ2) is 6.30. The maximum absolute atomic E-state index is 10.7. The van der Waals surface area contributed by atoms with Crippen molar-refractivity contribution in [2.75, 3.05) is 6.26 Å². The summed E-state index contributed by atoms with van der Waals surface area (Å²) < 4.78 is 0. The molecule has 0 amide bonds. The lowest BCUT2D eigenvalue weighted by Gasteiger charge is -2.13. The number of hydrogen-bond donors (Lipinski definition) is 2. The molecule has 4 nitrogen and oxygen atoms in total. The van der Waals surface area contributed by atoms with E-state index in [1.165, 1.54) is 0 Å². The van der Waals surface area contributed by atoms with Gasteiger partial charge in [-0.3, -0.25) is 9.59 Å². The molecule has 0 fully saturated rings. The van der Waals surface area contributed by atoms with E-state index in [4.69, 9.17) is 10.2 Å². The zero-order chi connectivity index (χ0) is 12.8. The number of hydrogen-bond acceptors (Lipinski definition) is 3. The molecule has 0 aromatic heterocycles. The summed E-state index contributed by atoms with van der Waals surface area (Å²) in [5.41, 5.74) is 0.757. The Bertz CT molecular complexity index is 383. The minimum Gasteiger partial charge on any atom is -0.481 e. The molecule has 0 heterocycles. The highest BCUT2D eigenvalue weighted by Gasteiger charge is 2.18. The number of aliphatic carboxylic acids is 2. The second-order valence-electron chi connectivity index (χ2n) is 3.67. The Morgan fingerprint density at radius 3 is 1.94 bits per heavy atom. The molecule has 0 saturated heterocycles. The van der Waals surface area contributed by atoms with Crippen LogP contribution in [0.4, 0.5) is 0 Å². The normalized spacial score (nSPS) is 10.5. The first kappa shape index (κ1) is 13.6. The van der Waals surface area contributed by atoms with Crippen LogP contribution in [-0.4, -0.2) is 28.4 Å². The topological polar surface area (TPSA) is 74.6 Å². The molecule has 0 aliphatic heterocycles. The van der Waals surface area contributed by atoms with E-state index in [-0.39, 0.29) is 12.8 Å². The maximum atomic E-state index is 10.7. The lowest BCUT2D eigenvalue weighted by atomic mass is 9.93. The predicted molar refractivity (Wildman–Crippen MR) is 65.5 cm³/mol. The molecular formula is C12H14O4S. The van der Waals surface area contributed by atoms with Crippen molar-refractivity contribution in [3.8, 4) is 0 Å². The molecule has 0 aliphatic carbocycles. The molecule has 17 heavy (non-hydrogen) atoms. The fourth-order valence-corrected chi connectivity index (χ4v) is 2.01. The van der Waals surface area contributed by atoms with Gasteiger partial charge in [0.25, 0.3) is 0 Å². The summed E-state index contributed by atoms with van der Waals surface area (Å²) in [6, 6.07) is 7.33. The van der Waals surface area contributed by atoms with Crippen molar-refractivity contribution >= 4 is 23.7 Å². The molecule has 5 heteroatoms. The van der Waals surface area contributed by atoms with E-state index < -0.39 is 17.9 Å². The minimum atomic E-state index is -0.981. The monoisotopic (exact) mass is 254 g/mol. The van der Waals surface area contributed by atoms with Gasteiger partial charge in [-0.15, -0.1) is 11.8 Å². The van der Waals surface area contributed by atoms with Crippen molar-refractivity contribution in [3.63, 3.8) is 0 Å². The summed E-state index contributed by atoms with van der Waals surface area (Å²) in [5, 5.41) is 17.5. The molecule has 0 saturated carbocycles. The Kier molecular flexibility index (Phi) is 5.03. The van der Waals surface area contributed by atoms with Crippen molar-refractivity contribution in [2.45, 2.75) is 23.7 Å². The van der Waals surface area contributed by atoms with Crippen molar-refractivity contribution < 1.29 is 19.8 Å². The molecule has 1 rings (SSSR count). The number of carboxylic acid groups (broad SMARTS) is 2. The summed E-state index contributed by atoms with van der Waals surface area (Å²) in [6.07, 6.45) is 1.62. The molecule has 92 valence electrons. The number of thioether (sulfide) groups is 1. The number of rotatable bonds is 6. The van der Waals surface area contributed by atoms with E-state index >= 15 is 0 Å². The third-order valence-electron chi connectivity index (χ3n) is 2.43. The van der Waals surface area contributed by atoms with Gasteiger partial charge in [0.05, 0.1) is 12.8 Å². The Hall–Kier alpha value is -1.49. The molecule has 1 aromatic rings. The average Bonchev–Trinajstić information content (AvgIpc) is 2.27. The molecule has 1 aromatic carbocycles. The number of benzene rings is 1. The summed E-state index contributed by atoms with van der Waals surface area (Å²) in [5.74, 6) is -2.43. The first-order valence-electron chi connectivity index (χ1n) is 5.10. The summed E-state index contributed by atoms with van der Waals surface area (Å²) in [7, 11) is 0. The van der Waals surface area contributed by atoms with Crippen LogP contribution in [0, 0.1) is 0 Å². The molecular weight excluding hydrogens is 240 g/mol. The summed E-state index contributed by atoms with van der Waals surface area (Å²) in [4.78, 5) is 22.4. The van der Waals surface area contributed by atoms with Gasteiger partial charge in [-0.2, -0.15) is 0 Å². The van der Waals surface area contributed by atoms with E-state index in [0.29, 0.717) is 0 Å². The van der Waals surface area contributed by atoms with Gasteiger partial charge in [-0.1, -0.05) is 12.1 Å². The first-order valence-corrected chi connectivity index (χ1v) is 6.33. The van der Waals surface area contributed by atoms with Gasteiger partial charge in [0.2, 0.25) is 0 Å². The standard InChI is InChI=1S/C12H14O4S/c1-17-10-4-2-8(3-5-10)9(6-11(13)14)7-12(15)16/h2-5,9H,6-7H2,1H3,(H,13,14)(H,15,16). The highest BCUT2D eigenvalue weighted by molar-refractivity contribution is 7.98. The smallest absolute Gasteiger partial charge is 0.303 e. The van der Waals surface area contributed by atoms with Crippen LogP contribution in [0.25, 0.3) is 0 Å². The maximum Gasteiger partial charge on any atom is 0.303 e. The largest absolute Gasteiger partial charge is 0.481 e. The Balaban J connectivity index is 2.86. The zero-order valence-electron chi connectivity index (χ0n) is 9.42. The number of carboxylic acids is 2. The van der Waals surface area contributed by atoms with E-state index in [0.717, 1.165) is 10.5 Å². The van der Waals surface area contributed by atoms with Crippen molar-refractivity contribution in [1.82, 2.24) is 0 Å². The van der Waals surface area contributed by atoms with Crippen molar-refractivity contribution in [1.29, 1.82) is 0 Å². The number of carbonyl (C=O) groups is 2. The summed E-state index contributed by atoms with van der Waals surface area (Å²) in [6.45, 7) is 0. The van der Waals surface area contributed by atoms with Crippen LogP contribution >= 0.6 is 11.8 Å². The van der Waals surface area contributed by atoms with E-state index in [9.17, 15) is 9.59 Å². The van der Waals surface area contributed by atoms with Crippen LogP contribution in [0.1, 0.15) is 24.3 Å². The van der Waals surface area contributed by atoms with E-state index in [1.54, 1.807) is 23.9 Å². The molecule has 0 radical (unpaired) electrons. The quantitative estimate of drug-likeness (QED) is 0.763. The van der Waals surface area contributed by atoms with Gasteiger partial charge in [-0.05, 0) is 24.0 Å². The average molecular weight is 254 g/mol. The molecule has 0 aliphatic rings. The van der Waals surface area contributed by atoms with E-state index in [1.807, 2.05) is 18.4 Å². The highest BCUT2D eigenvalue weighted by atomic mass is 32.2. The van der Waals surface area contributed by atoms with Gasteiger partial charge in [-0.25, -0.2) is 0 Å². The zero-order valence-corrected chi connectivity index (χ0v) is 10.2. The van der Waals surface area contributed by atoms with Crippen LogP contribution in [0.3, 0.4) is 0 Å². The molecule has 2 N–H and O–H groups in total. The van der Waals surface area contributed by atoms with E-state index in [2.05, 4.69) is 0 Å². The van der Waals surface area contributed by atoms with Crippen LogP contribution in [0.15, 0.2) is 29.2 Å². The van der Waals surface area contributed by atoms with Crippen molar-refractivity contribution in [3.05, 3.63) is 29.8 Å². The third-order valence-corrected chi connectivity index (χ3v) is 3.17. The predicted octanol–water partition coefficient (Wildman–Crippen LogP) is 2.44. The van der Waals surface area contributed by atoms with Crippen LogP contribution in [-0.2, 0) is 9.59 Å². The summed E-state index contributed by atoms with van der Waals surface area (Å²) >= 11 is 1.58. The van der Waals surface area contributed by atoms with Crippen LogP contribution in [0.5, 0.6) is 0 Å². The lowest BCUT2D eigenvalue weighted by molar-refractivity contribution is -0.139. The van der Waals surface area contributed by atoms with Crippen molar-refractivity contribution in [2.24, 2.45) is 0 Å². The lowest BCUT2D eigenvalue weighted by Crippen LogP contribution is -2.11. The van der Waals surface area contributed by atoms with Crippen LogP contribution < -0.4 is 0 Å². The fourth-order valence-electron chi connectivity index (χ4n) is 1.61. The Morgan fingerprint density at radius 2 is 1.59 bits per heavy atom. The Labute approximate surface area is 104 Å². The molecule has 0 unspecified atom stereocenters. The van der Waals surface area contributed by atoms with Crippen LogP contribution in [0.2, 0.25) is 0 Å². The van der Waals surface area contributed by atoms with Gasteiger partial charge in [0.1, 0.15) is 0 Å². The Morgan fingerprint density at radius 1 is 1.12 bits per heavy atom. The minimum absolute atomic E-state index is 0.162. The van der Waals surface area contributed by atoms with Gasteiger partial charge in [0, 0.05) is 10.8 Å². The molecule has 0 bridgehead atoms. The SMILES string of the molecule is CSc1ccc(C(CC(=O)O)CC(=O)O)cc1. The second-order valence-corrected chi connectivity index (χ2v) is 4.55. The fraction of sp³-hybridized carbons (Fsp3) is 0.333. The molecule has 0 atom stereocenters. The third kappa shape index (κ3) is 4.48. The molecule has 0 spiro atoms. The van der Waals surface area contributed by atoms with Gasteiger partial charge in [0.15, 0.2) is 0 Å². The van der Waals surface area contributed by atoms with Gasteiger partial charge >= 0.3 is 11.9 Å².